The van der Waals surface area contributed by atoms with E-state index in [4.69, 9.17) is 0 Å². The van der Waals surface area contributed by atoms with E-state index < -0.39 is 0 Å². The number of rotatable bonds is 6. The third-order valence-corrected chi connectivity index (χ3v) is 5.03. The number of hydrogen-bond donors (Lipinski definition) is 2. The zero-order chi connectivity index (χ0) is 19.4. The lowest BCUT2D eigenvalue weighted by atomic mass is 10.1. The number of hydrogen-bond acceptors (Lipinski definition) is 3. The molecule has 0 spiro atoms. The molecule has 1 aromatic heterocycles. The lowest BCUT2D eigenvalue weighted by Gasteiger charge is -2.11. The molecule has 0 radical (unpaired) electrons. The molecule has 2 aromatic rings. The number of carbonyl (C=O) groups is 2. The number of halogens is 1. The number of nitrogens with one attached hydrogen (secondary N) is 2. The molecular weight excluding hydrogens is 347 g/mol. The minimum absolute atomic E-state index is 0.0817. The highest BCUT2D eigenvalue weighted by Crippen LogP contribution is 2.24. The normalized spacial score (nSPS) is 14.3. The molecule has 27 heavy (non-hydrogen) atoms. The van der Waals surface area contributed by atoms with Crippen molar-refractivity contribution in [2.45, 2.75) is 39.5 Å². The molecule has 0 atom stereocenters. The Labute approximate surface area is 158 Å². The Morgan fingerprint density at radius 2 is 1.74 bits per heavy atom. The van der Waals surface area contributed by atoms with Crippen molar-refractivity contribution in [1.29, 1.82) is 0 Å². The monoisotopic (exact) mass is 372 g/mol. The summed E-state index contributed by atoms with van der Waals surface area (Å²) in [6, 6.07) is 5.96. The van der Waals surface area contributed by atoms with Crippen LogP contribution in [-0.4, -0.2) is 34.7 Å². The first-order chi connectivity index (χ1) is 13.0. The molecule has 1 aliphatic carbocycles. The fourth-order valence-electron chi connectivity index (χ4n) is 3.59. The molecule has 1 aromatic carbocycles. The van der Waals surface area contributed by atoms with Gasteiger partial charge in [-0.1, -0.05) is 12.8 Å². The van der Waals surface area contributed by atoms with Gasteiger partial charge in [0.05, 0.1) is 22.6 Å². The Bertz CT molecular complexity index is 823. The van der Waals surface area contributed by atoms with Crippen LogP contribution in [0.4, 0.5) is 4.39 Å². The molecule has 1 fully saturated rings. The Hall–Kier alpha value is -2.70. The van der Waals surface area contributed by atoms with Crippen LogP contribution in [0.25, 0.3) is 5.69 Å². The van der Waals surface area contributed by atoms with E-state index in [0.717, 1.165) is 25.7 Å². The number of amides is 2. The molecule has 1 heterocycles. The first-order valence-electron chi connectivity index (χ1n) is 9.35. The number of aromatic nitrogens is 2. The van der Waals surface area contributed by atoms with Crippen molar-refractivity contribution in [3.05, 3.63) is 47.0 Å². The van der Waals surface area contributed by atoms with E-state index in [9.17, 15) is 14.0 Å². The van der Waals surface area contributed by atoms with E-state index in [1.807, 2.05) is 0 Å². The Balaban J connectivity index is 1.58. The van der Waals surface area contributed by atoms with Crippen molar-refractivity contribution >= 4 is 11.8 Å². The third-order valence-electron chi connectivity index (χ3n) is 5.03. The van der Waals surface area contributed by atoms with Gasteiger partial charge < -0.3 is 10.6 Å². The Morgan fingerprint density at radius 3 is 2.41 bits per heavy atom. The minimum atomic E-state index is -0.321. The predicted octanol–water partition coefficient (Wildman–Crippen LogP) is 2.66. The van der Waals surface area contributed by atoms with Gasteiger partial charge in [-0.3, -0.25) is 9.59 Å². The van der Waals surface area contributed by atoms with Gasteiger partial charge in [0.1, 0.15) is 5.82 Å². The van der Waals surface area contributed by atoms with Gasteiger partial charge in [0.15, 0.2) is 0 Å². The van der Waals surface area contributed by atoms with Gasteiger partial charge in [0.2, 0.25) is 5.91 Å². The van der Waals surface area contributed by atoms with E-state index in [0.29, 0.717) is 35.7 Å². The quantitative estimate of drug-likeness (QED) is 0.766. The highest BCUT2D eigenvalue weighted by molar-refractivity contribution is 5.96. The molecule has 7 heteroatoms. The molecule has 144 valence electrons. The van der Waals surface area contributed by atoms with Gasteiger partial charge in [0.25, 0.3) is 5.91 Å². The standard InChI is InChI=1S/C20H25FN4O2/c1-13-18(14(2)25(24-13)17-9-7-16(21)8-10-17)20(27)23-12-11-22-19(26)15-5-3-4-6-15/h7-10,15H,3-6,11-12H2,1-2H3,(H,22,26)(H,23,27). The van der Waals surface area contributed by atoms with Gasteiger partial charge in [-0.2, -0.15) is 5.10 Å². The molecule has 0 saturated heterocycles. The largest absolute Gasteiger partial charge is 0.354 e. The summed E-state index contributed by atoms with van der Waals surface area (Å²) in [5, 5.41) is 10.1. The second-order valence-electron chi connectivity index (χ2n) is 6.96. The van der Waals surface area contributed by atoms with Crippen LogP contribution in [0, 0.1) is 25.6 Å². The van der Waals surface area contributed by atoms with Crippen LogP contribution in [0.15, 0.2) is 24.3 Å². The molecule has 0 unspecified atom stereocenters. The average molecular weight is 372 g/mol. The van der Waals surface area contributed by atoms with Gasteiger partial charge in [0, 0.05) is 19.0 Å². The van der Waals surface area contributed by atoms with E-state index in [2.05, 4.69) is 15.7 Å². The number of nitrogens with zero attached hydrogens (tertiary/aromatic N) is 2. The zero-order valence-electron chi connectivity index (χ0n) is 15.7. The van der Waals surface area contributed by atoms with Crippen molar-refractivity contribution in [2.24, 2.45) is 5.92 Å². The molecule has 1 saturated carbocycles. The third kappa shape index (κ3) is 4.35. The highest BCUT2D eigenvalue weighted by Gasteiger charge is 2.22. The summed E-state index contributed by atoms with van der Waals surface area (Å²) < 4.78 is 14.8. The summed E-state index contributed by atoms with van der Waals surface area (Å²) in [6.45, 7) is 4.34. The van der Waals surface area contributed by atoms with Crippen LogP contribution in [0.2, 0.25) is 0 Å². The fourth-order valence-corrected chi connectivity index (χ4v) is 3.59. The molecule has 1 aliphatic rings. The van der Waals surface area contributed by atoms with Crippen LogP contribution in [0.5, 0.6) is 0 Å². The molecule has 2 N–H and O–H groups in total. The van der Waals surface area contributed by atoms with Crippen LogP contribution in [-0.2, 0) is 4.79 Å². The number of benzene rings is 1. The second kappa shape index (κ2) is 8.33. The first-order valence-corrected chi connectivity index (χ1v) is 9.35. The SMILES string of the molecule is Cc1nn(-c2ccc(F)cc2)c(C)c1C(=O)NCCNC(=O)C1CCCC1. The average Bonchev–Trinajstić information content (AvgIpc) is 3.28. The van der Waals surface area contributed by atoms with Gasteiger partial charge in [-0.05, 0) is 51.0 Å². The van der Waals surface area contributed by atoms with E-state index in [1.165, 1.54) is 12.1 Å². The van der Waals surface area contributed by atoms with E-state index >= 15 is 0 Å². The summed E-state index contributed by atoms with van der Waals surface area (Å²) in [7, 11) is 0. The fraction of sp³-hybridized carbons (Fsp3) is 0.450. The van der Waals surface area contributed by atoms with E-state index in [1.54, 1.807) is 30.7 Å². The van der Waals surface area contributed by atoms with Crippen molar-refractivity contribution in [2.75, 3.05) is 13.1 Å². The molecule has 3 rings (SSSR count). The molecule has 2 amide bonds. The minimum Gasteiger partial charge on any atom is -0.354 e. The van der Waals surface area contributed by atoms with E-state index in [-0.39, 0.29) is 23.5 Å². The first kappa shape index (κ1) is 19.1. The van der Waals surface area contributed by atoms with Crippen LogP contribution >= 0.6 is 0 Å². The summed E-state index contributed by atoms with van der Waals surface area (Å²) in [5.41, 5.74) is 2.48. The topological polar surface area (TPSA) is 76.0 Å². The smallest absolute Gasteiger partial charge is 0.255 e. The van der Waals surface area contributed by atoms with Gasteiger partial charge in [-0.25, -0.2) is 9.07 Å². The maximum absolute atomic E-state index is 13.1. The summed E-state index contributed by atoms with van der Waals surface area (Å²) in [6.07, 6.45) is 4.15. The predicted molar refractivity (Wildman–Crippen MR) is 100 cm³/mol. The van der Waals surface area contributed by atoms with Gasteiger partial charge in [-0.15, -0.1) is 0 Å². The molecule has 0 aliphatic heterocycles. The second-order valence-corrected chi connectivity index (χ2v) is 6.96. The van der Waals surface area contributed by atoms with Crippen molar-refractivity contribution in [3.63, 3.8) is 0 Å². The molecule has 0 bridgehead atoms. The zero-order valence-corrected chi connectivity index (χ0v) is 15.7. The lowest BCUT2D eigenvalue weighted by molar-refractivity contribution is -0.124. The molecular formula is C20H25FN4O2. The van der Waals surface area contributed by atoms with Crippen molar-refractivity contribution < 1.29 is 14.0 Å². The number of aryl methyl sites for hydroxylation is 1. The Morgan fingerprint density at radius 1 is 1.11 bits per heavy atom. The van der Waals surface area contributed by atoms with Gasteiger partial charge >= 0.3 is 0 Å². The van der Waals surface area contributed by atoms with Crippen LogP contribution in [0.1, 0.15) is 47.4 Å². The molecule has 6 nitrogen and oxygen atoms in total. The van der Waals surface area contributed by atoms with Crippen molar-refractivity contribution in [3.8, 4) is 5.69 Å². The summed E-state index contributed by atoms with van der Waals surface area (Å²) in [5.74, 6) is -0.344. The maximum atomic E-state index is 13.1. The lowest BCUT2D eigenvalue weighted by Crippen LogP contribution is -2.37. The summed E-state index contributed by atoms with van der Waals surface area (Å²) in [4.78, 5) is 24.5. The highest BCUT2D eigenvalue weighted by atomic mass is 19.1. The van der Waals surface area contributed by atoms with Crippen molar-refractivity contribution in [1.82, 2.24) is 20.4 Å². The number of carbonyl (C=O) groups excluding carboxylic acids is 2. The van der Waals surface area contributed by atoms with Crippen LogP contribution in [0.3, 0.4) is 0 Å². The Kier molecular flexibility index (Phi) is 5.88. The summed E-state index contributed by atoms with van der Waals surface area (Å²) >= 11 is 0. The van der Waals surface area contributed by atoms with Crippen LogP contribution < -0.4 is 10.6 Å². The maximum Gasteiger partial charge on any atom is 0.255 e.